The molecule has 2 amide bonds. The molecule has 4 N–H and O–H groups in total. The van der Waals surface area contributed by atoms with Crippen LogP contribution >= 0.6 is 0 Å². The standard InChI is InChI=1S/C15H23N3O3/c1-9(2)8-17-14(19)10(3)18-15(20)11-5-6-13(21-4)12(16)7-11/h5-7,9-10H,8,16H2,1-4H3,(H,17,19)(H,18,20). The van der Waals surface area contributed by atoms with Crippen molar-refractivity contribution in [2.75, 3.05) is 19.4 Å². The maximum atomic E-state index is 12.1. The second-order valence-electron chi connectivity index (χ2n) is 5.29. The van der Waals surface area contributed by atoms with Crippen LogP contribution in [0, 0.1) is 5.92 Å². The Bertz CT molecular complexity index is 515. The topological polar surface area (TPSA) is 93.4 Å². The molecule has 1 aromatic rings. The summed E-state index contributed by atoms with van der Waals surface area (Å²) in [6.07, 6.45) is 0. The second kappa shape index (κ2) is 7.52. The third-order valence-electron chi connectivity index (χ3n) is 2.92. The van der Waals surface area contributed by atoms with Gasteiger partial charge in [0.15, 0.2) is 0 Å². The number of hydrogen-bond donors (Lipinski definition) is 3. The SMILES string of the molecule is COc1ccc(C(=O)NC(C)C(=O)NCC(C)C)cc1N. The summed E-state index contributed by atoms with van der Waals surface area (Å²) < 4.78 is 5.03. The molecule has 21 heavy (non-hydrogen) atoms. The molecule has 0 bridgehead atoms. The third-order valence-corrected chi connectivity index (χ3v) is 2.92. The molecule has 0 aromatic heterocycles. The fraction of sp³-hybridized carbons (Fsp3) is 0.467. The minimum Gasteiger partial charge on any atom is -0.495 e. The Morgan fingerprint density at radius 2 is 1.95 bits per heavy atom. The Morgan fingerprint density at radius 3 is 2.48 bits per heavy atom. The first-order valence-electron chi connectivity index (χ1n) is 6.87. The summed E-state index contributed by atoms with van der Waals surface area (Å²) in [6, 6.07) is 4.13. The fourth-order valence-corrected chi connectivity index (χ4v) is 1.68. The first-order chi connectivity index (χ1) is 9.85. The van der Waals surface area contributed by atoms with Crippen molar-refractivity contribution >= 4 is 17.5 Å². The Kier molecular flexibility index (Phi) is 6.02. The Labute approximate surface area is 125 Å². The van der Waals surface area contributed by atoms with Gasteiger partial charge >= 0.3 is 0 Å². The van der Waals surface area contributed by atoms with Crippen molar-refractivity contribution in [3.63, 3.8) is 0 Å². The molecule has 0 aliphatic rings. The van der Waals surface area contributed by atoms with Crippen LogP contribution in [0.2, 0.25) is 0 Å². The number of carbonyl (C=O) groups is 2. The van der Waals surface area contributed by atoms with Crippen LogP contribution in [0.5, 0.6) is 5.75 Å². The number of nitrogens with two attached hydrogens (primary N) is 1. The average Bonchev–Trinajstić information content (AvgIpc) is 2.44. The van der Waals surface area contributed by atoms with E-state index in [4.69, 9.17) is 10.5 Å². The number of nitrogen functional groups attached to an aromatic ring is 1. The Balaban J connectivity index is 2.64. The van der Waals surface area contributed by atoms with Gasteiger partial charge in [0.05, 0.1) is 12.8 Å². The third kappa shape index (κ3) is 4.98. The predicted octanol–water partition coefficient (Wildman–Crippen LogP) is 1.17. The van der Waals surface area contributed by atoms with E-state index in [0.717, 1.165) is 0 Å². The van der Waals surface area contributed by atoms with E-state index in [2.05, 4.69) is 10.6 Å². The maximum Gasteiger partial charge on any atom is 0.251 e. The van der Waals surface area contributed by atoms with Crippen molar-refractivity contribution in [2.24, 2.45) is 5.92 Å². The number of methoxy groups -OCH3 is 1. The van der Waals surface area contributed by atoms with E-state index in [-0.39, 0.29) is 11.8 Å². The van der Waals surface area contributed by atoms with Gasteiger partial charge in [-0.05, 0) is 31.0 Å². The number of hydrogen-bond acceptors (Lipinski definition) is 4. The van der Waals surface area contributed by atoms with Gasteiger partial charge in [0.25, 0.3) is 5.91 Å². The molecule has 0 radical (unpaired) electrons. The van der Waals surface area contributed by atoms with Crippen molar-refractivity contribution in [3.05, 3.63) is 23.8 Å². The molecule has 1 atom stereocenters. The molecule has 0 aliphatic heterocycles. The highest BCUT2D eigenvalue weighted by molar-refractivity contribution is 5.98. The highest BCUT2D eigenvalue weighted by Gasteiger charge is 2.17. The molecular weight excluding hydrogens is 270 g/mol. The number of amides is 2. The molecule has 6 nitrogen and oxygen atoms in total. The lowest BCUT2D eigenvalue weighted by atomic mass is 10.1. The summed E-state index contributed by atoms with van der Waals surface area (Å²) in [6.45, 7) is 6.22. The molecule has 116 valence electrons. The highest BCUT2D eigenvalue weighted by Crippen LogP contribution is 2.21. The largest absolute Gasteiger partial charge is 0.495 e. The van der Waals surface area contributed by atoms with Crippen LogP contribution in [-0.4, -0.2) is 31.5 Å². The van der Waals surface area contributed by atoms with Gasteiger partial charge in [-0.25, -0.2) is 0 Å². The average molecular weight is 293 g/mol. The summed E-state index contributed by atoms with van der Waals surface area (Å²) in [5, 5.41) is 5.41. The smallest absolute Gasteiger partial charge is 0.251 e. The van der Waals surface area contributed by atoms with E-state index < -0.39 is 6.04 Å². The number of anilines is 1. The zero-order valence-corrected chi connectivity index (χ0v) is 12.9. The van der Waals surface area contributed by atoms with E-state index in [9.17, 15) is 9.59 Å². The zero-order valence-electron chi connectivity index (χ0n) is 12.9. The summed E-state index contributed by atoms with van der Waals surface area (Å²) in [5.74, 6) is 0.308. The number of carbonyl (C=O) groups excluding carboxylic acids is 2. The minimum absolute atomic E-state index is 0.210. The van der Waals surface area contributed by atoms with Gasteiger partial charge < -0.3 is 21.1 Å². The molecule has 1 aromatic carbocycles. The lowest BCUT2D eigenvalue weighted by Crippen LogP contribution is -2.45. The molecule has 0 heterocycles. The van der Waals surface area contributed by atoms with Crippen molar-refractivity contribution in [1.82, 2.24) is 10.6 Å². The van der Waals surface area contributed by atoms with Gasteiger partial charge in [-0.3, -0.25) is 9.59 Å². The first kappa shape index (κ1) is 16.8. The summed E-state index contributed by atoms with van der Waals surface area (Å²) in [7, 11) is 1.51. The monoisotopic (exact) mass is 293 g/mol. The van der Waals surface area contributed by atoms with Crippen LogP contribution in [0.25, 0.3) is 0 Å². The fourth-order valence-electron chi connectivity index (χ4n) is 1.68. The summed E-state index contributed by atoms with van der Waals surface area (Å²) >= 11 is 0. The summed E-state index contributed by atoms with van der Waals surface area (Å²) in [4.78, 5) is 23.9. The van der Waals surface area contributed by atoms with Crippen LogP contribution in [-0.2, 0) is 4.79 Å². The Hall–Kier alpha value is -2.24. The molecule has 0 aliphatic carbocycles. The van der Waals surface area contributed by atoms with Crippen molar-refractivity contribution in [2.45, 2.75) is 26.8 Å². The quantitative estimate of drug-likeness (QED) is 0.686. The Morgan fingerprint density at radius 1 is 1.29 bits per heavy atom. The lowest BCUT2D eigenvalue weighted by Gasteiger charge is -2.15. The molecule has 1 unspecified atom stereocenters. The van der Waals surface area contributed by atoms with Crippen LogP contribution in [0.15, 0.2) is 18.2 Å². The van der Waals surface area contributed by atoms with Crippen molar-refractivity contribution in [3.8, 4) is 5.75 Å². The van der Waals surface area contributed by atoms with Gasteiger partial charge in [-0.15, -0.1) is 0 Å². The molecule has 1 rings (SSSR count). The zero-order chi connectivity index (χ0) is 16.0. The van der Waals surface area contributed by atoms with Crippen LogP contribution in [0.1, 0.15) is 31.1 Å². The summed E-state index contributed by atoms with van der Waals surface area (Å²) in [5.41, 5.74) is 6.52. The van der Waals surface area contributed by atoms with Crippen LogP contribution < -0.4 is 21.1 Å². The number of nitrogens with one attached hydrogen (secondary N) is 2. The number of rotatable bonds is 6. The van der Waals surface area contributed by atoms with E-state index in [1.807, 2.05) is 13.8 Å². The first-order valence-corrected chi connectivity index (χ1v) is 6.87. The molecule has 0 saturated carbocycles. The van der Waals surface area contributed by atoms with Gasteiger partial charge in [0.1, 0.15) is 11.8 Å². The van der Waals surface area contributed by atoms with E-state index in [1.54, 1.807) is 19.1 Å². The van der Waals surface area contributed by atoms with Crippen LogP contribution in [0.4, 0.5) is 5.69 Å². The maximum absolute atomic E-state index is 12.1. The predicted molar refractivity (Wildman–Crippen MR) is 82.2 cm³/mol. The van der Waals surface area contributed by atoms with Gasteiger partial charge in [-0.1, -0.05) is 13.8 Å². The van der Waals surface area contributed by atoms with Crippen LogP contribution in [0.3, 0.4) is 0 Å². The van der Waals surface area contributed by atoms with Crippen molar-refractivity contribution in [1.29, 1.82) is 0 Å². The van der Waals surface area contributed by atoms with E-state index in [1.165, 1.54) is 13.2 Å². The normalized spacial score (nSPS) is 11.9. The molecule has 0 fully saturated rings. The number of benzene rings is 1. The molecule has 0 spiro atoms. The van der Waals surface area contributed by atoms with E-state index >= 15 is 0 Å². The van der Waals surface area contributed by atoms with E-state index in [0.29, 0.717) is 29.5 Å². The highest BCUT2D eigenvalue weighted by atomic mass is 16.5. The number of ether oxygens (including phenoxy) is 1. The van der Waals surface area contributed by atoms with Gasteiger partial charge in [0.2, 0.25) is 5.91 Å². The second-order valence-corrected chi connectivity index (χ2v) is 5.29. The molecule has 0 saturated heterocycles. The molecular formula is C15H23N3O3. The molecule has 6 heteroatoms. The van der Waals surface area contributed by atoms with Crippen molar-refractivity contribution < 1.29 is 14.3 Å². The van der Waals surface area contributed by atoms with Gasteiger partial charge in [-0.2, -0.15) is 0 Å². The van der Waals surface area contributed by atoms with Gasteiger partial charge in [0, 0.05) is 12.1 Å². The lowest BCUT2D eigenvalue weighted by molar-refractivity contribution is -0.122. The minimum atomic E-state index is -0.612.